The number of rotatable bonds is 4. The molecule has 0 aliphatic rings. The van der Waals surface area contributed by atoms with Crippen molar-refractivity contribution in [3.8, 4) is 0 Å². The lowest BCUT2D eigenvalue weighted by molar-refractivity contribution is 0.497. The second-order valence-corrected chi connectivity index (χ2v) is 7.14. The van der Waals surface area contributed by atoms with E-state index < -0.39 is 21.3 Å². The summed E-state index contributed by atoms with van der Waals surface area (Å²) in [5, 5.41) is 0. The maximum Gasteiger partial charge on any atom is 0.419 e. The van der Waals surface area contributed by atoms with Gasteiger partial charge in [0.1, 0.15) is 0 Å². The SMILES string of the molecule is Cn1c(=O)oc2cc(S(=O)(=O)NCC(C)(C)N)ccc21. The molecule has 0 saturated heterocycles. The van der Waals surface area contributed by atoms with Gasteiger partial charge in [-0.25, -0.2) is 17.9 Å². The van der Waals surface area contributed by atoms with Crippen LogP contribution in [0.2, 0.25) is 0 Å². The van der Waals surface area contributed by atoms with E-state index >= 15 is 0 Å². The van der Waals surface area contributed by atoms with Crippen LogP contribution in [0.25, 0.3) is 11.1 Å². The topological polar surface area (TPSA) is 107 Å². The largest absolute Gasteiger partial charge is 0.419 e. The van der Waals surface area contributed by atoms with Crippen LogP contribution in [0.15, 0.2) is 32.3 Å². The summed E-state index contributed by atoms with van der Waals surface area (Å²) in [6, 6.07) is 4.27. The van der Waals surface area contributed by atoms with Crippen molar-refractivity contribution in [1.29, 1.82) is 0 Å². The molecule has 2 rings (SSSR count). The van der Waals surface area contributed by atoms with Gasteiger partial charge in [-0.2, -0.15) is 0 Å². The Morgan fingerprint density at radius 1 is 1.40 bits per heavy atom. The molecule has 0 fully saturated rings. The summed E-state index contributed by atoms with van der Waals surface area (Å²) in [6.45, 7) is 3.54. The van der Waals surface area contributed by atoms with E-state index in [1.165, 1.54) is 22.8 Å². The maximum absolute atomic E-state index is 12.1. The molecule has 110 valence electrons. The molecule has 1 heterocycles. The number of hydrogen-bond donors (Lipinski definition) is 2. The Balaban J connectivity index is 2.40. The van der Waals surface area contributed by atoms with Crippen molar-refractivity contribution in [3.05, 3.63) is 28.7 Å². The van der Waals surface area contributed by atoms with E-state index in [2.05, 4.69) is 4.72 Å². The molecule has 0 aliphatic heterocycles. The quantitative estimate of drug-likeness (QED) is 0.835. The minimum atomic E-state index is -3.69. The molecule has 2 aromatic rings. The van der Waals surface area contributed by atoms with Crippen molar-refractivity contribution in [1.82, 2.24) is 9.29 Å². The number of fused-ring (bicyclic) bond motifs is 1. The number of benzene rings is 1. The molecular formula is C12H17N3O4S. The van der Waals surface area contributed by atoms with Crippen molar-refractivity contribution in [2.75, 3.05) is 6.54 Å². The predicted molar refractivity (Wildman–Crippen MR) is 74.9 cm³/mol. The first-order valence-corrected chi connectivity index (χ1v) is 7.47. The lowest BCUT2D eigenvalue weighted by Crippen LogP contribution is -2.45. The number of oxazole rings is 1. The highest BCUT2D eigenvalue weighted by Crippen LogP contribution is 2.18. The Labute approximate surface area is 116 Å². The van der Waals surface area contributed by atoms with Crippen molar-refractivity contribution in [2.45, 2.75) is 24.3 Å². The Bertz CT molecular complexity index is 796. The maximum atomic E-state index is 12.1. The van der Waals surface area contributed by atoms with Gasteiger partial charge in [0.05, 0.1) is 10.4 Å². The van der Waals surface area contributed by atoms with E-state index in [-0.39, 0.29) is 17.0 Å². The summed E-state index contributed by atoms with van der Waals surface area (Å²) in [4.78, 5) is 11.4. The number of nitrogens with one attached hydrogen (secondary N) is 1. The number of hydrogen-bond acceptors (Lipinski definition) is 5. The predicted octanol–water partition coefficient (Wildman–Crippen LogP) is 0.147. The molecule has 0 aliphatic carbocycles. The van der Waals surface area contributed by atoms with Crippen molar-refractivity contribution in [2.24, 2.45) is 12.8 Å². The zero-order valence-electron chi connectivity index (χ0n) is 11.5. The lowest BCUT2D eigenvalue weighted by Gasteiger charge is -2.18. The van der Waals surface area contributed by atoms with Gasteiger partial charge in [-0.05, 0) is 26.0 Å². The molecule has 0 amide bonds. The van der Waals surface area contributed by atoms with Gasteiger partial charge in [-0.1, -0.05) is 0 Å². The van der Waals surface area contributed by atoms with Crippen LogP contribution in [0, 0.1) is 0 Å². The highest BCUT2D eigenvalue weighted by atomic mass is 32.2. The summed E-state index contributed by atoms with van der Waals surface area (Å²) in [5.74, 6) is -0.536. The van der Waals surface area contributed by atoms with Crippen molar-refractivity contribution >= 4 is 21.1 Å². The zero-order valence-corrected chi connectivity index (χ0v) is 12.3. The van der Waals surface area contributed by atoms with Crippen LogP contribution in [0.5, 0.6) is 0 Å². The first-order chi connectivity index (χ1) is 9.10. The number of nitrogens with two attached hydrogens (primary N) is 1. The monoisotopic (exact) mass is 299 g/mol. The standard InChI is InChI=1S/C12H17N3O4S/c1-12(2,13)7-14-20(17,18)8-4-5-9-10(6-8)19-11(16)15(9)3/h4-6,14H,7,13H2,1-3H3. The lowest BCUT2D eigenvalue weighted by atomic mass is 10.1. The van der Waals surface area contributed by atoms with Crippen molar-refractivity contribution in [3.63, 3.8) is 0 Å². The number of aromatic nitrogens is 1. The van der Waals surface area contributed by atoms with Crippen molar-refractivity contribution < 1.29 is 12.8 Å². The second kappa shape index (κ2) is 4.72. The molecule has 0 radical (unpaired) electrons. The molecule has 0 bridgehead atoms. The van der Waals surface area contributed by atoms with E-state index in [4.69, 9.17) is 10.2 Å². The third-order valence-corrected chi connectivity index (χ3v) is 4.19. The van der Waals surface area contributed by atoms with Gasteiger partial charge in [0.15, 0.2) is 5.58 Å². The Morgan fingerprint density at radius 3 is 2.65 bits per heavy atom. The minimum Gasteiger partial charge on any atom is -0.408 e. The van der Waals surface area contributed by atoms with E-state index in [0.29, 0.717) is 5.52 Å². The third kappa shape index (κ3) is 2.92. The smallest absolute Gasteiger partial charge is 0.408 e. The van der Waals surface area contributed by atoms with Crippen LogP contribution >= 0.6 is 0 Å². The van der Waals surface area contributed by atoms with Gasteiger partial charge in [0.25, 0.3) is 0 Å². The number of sulfonamides is 1. The summed E-state index contributed by atoms with van der Waals surface area (Å²) in [6.07, 6.45) is 0. The first kappa shape index (κ1) is 14.8. The molecule has 0 atom stereocenters. The summed E-state index contributed by atoms with van der Waals surface area (Å²) in [5.41, 5.74) is 5.85. The molecule has 0 saturated carbocycles. The molecule has 1 aromatic heterocycles. The fraction of sp³-hybridized carbons (Fsp3) is 0.417. The second-order valence-electron chi connectivity index (χ2n) is 5.37. The average molecular weight is 299 g/mol. The molecule has 20 heavy (non-hydrogen) atoms. The number of nitrogens with zero attached hydrogens (tertiary/aromatic N) is 1. The average Bonchev–Trinajstić information content (AvgIpc) is 2.62. The van der Waals surface area contributed by atoms with Gasteiger partial charge < -0.3 is 10.2 Å². The van der Waals surface area contributed by atoms with Crippen LogP contribution in [0.4, 0.5) is 0 Å². The minimum absolute atomic E-state index is 0.0311. The summed E-state index contributed by atoms with van der Waals surface area (Å²) >= 11 is 0. The summed E-state index contributed by atoms with van der Waals surface area (Å²) < 4.78 is 32.9. The first-order valence-electron chi connectivity index (χ1n) is 5.98. The molecular weight excluding hydrogens is 282 g/mol. The molecule has 0 spiro atoms. The van der Waals surface area contributed by atoms with Crippen LogP contribution < -0.4 is 16.2 Å². The van der Waals surface area contributed by atoms with Gasteiger partial charge in [0, 0.05) is 25.2 Å². The molecule has 0 unspecified atom stereocenters. The highest BCUT2D eigenvalue weighted by molar-refractivity contribution is 7.89. The van der Waals surface area contributed by atoms with Crippen LogP contribution in [-0.4, -0.2) is 25.1 Å². The zero-order chi connectivity index (χ0) is 15.1. The van der Waals surface area contributed by atoms with E-state index in [1.807, 2.05) is 0 Å². The van der Waals surface area contributed by atoms with Gasteiger partial charge in [-0.15, -0.1) is 0 Å². The van der Waals surface area contributed by atoms with Gasteiger partial charge in [0.2, 0.25) is 10.0 Å². The van der Waals surface area contributed by atoms with Crippen LogP contribution in [0.3, 0.4) is 0 Å². The molecule has 3 N–H and O–H groups in total. The number of aryl methyl sites for hydroxylation is 1. The fourth-order valence-electron chi connectivity index (χ4n) is 1.65. The summed E-state index contributed by atoms with van der Waals surface area (Å²) in [7, 11) is -2.14. The molecule has 8 heteroatoms. The van der Waals surface area contributed by atoms with Gasteiger partial charge in [-0.3, -0.25) is 4.57 Å². The Kier molecular flexibility index (Phi) is 3.49. The fourth-order valence-corrected chi connectivity index (χ4v) is 2.88. The van der Waals surface area contributed by atoms with Crippen LogP contribution in [0.1, 0.15) is 13.8 Å². The normalized spacial score (nSPS) is 13.0. The Hall–Kier alpha value is -1.64. The van der Waals surface area contributed by atoms with Gasteiger partial charge >= 0.3 is 5.76 Å². The Morgan fingerprint density at radius 2 is 2.05 bits per heavy atom. The van der Waals surface area contributed by atoms with E-state index in [0.717, 1.165) is 0 Å². The van der Waals surface area contributed by atoms with Crippen LogP contribution in [-0.2, 0) is 17.1 Å². The third-order valence-electron chi connectivity index (χ3n) is 2.79. The van der Waals surface area contributed by atoms with E-state index in [1.54, 1.807) is 20.9 Å². The highest BCUT2D eigenvalue weighted by Gasteiger charge is 2.20. The van der Waals surface area contributed by atoms with E-state index in [9.17, 15) is 13.2 Å². The molecule has 7 nitrogen and oxygen atoms in total. The molecule has 1 aromatic carbocycles.